The summed E-state index contributed by atoms with van der Waals surface area (Å²) >= 11 is 0. The Hall–Kier alpha value is -3.87. The van der Waals surface area contributed by atoms with Crippen LogP contribution >= 0.6 is 0 Å². The van der Waals surface area contributed by atoms with Crippen LogP contribution in [0.1, 0.15) is 16.7 Å². The first-order valence-electron chi connectivity index (χ1n) is 9.44. The lowest BCUT2D eigenvalue weighted by molar-refractivity contribution is -0.120. The zero-order chi connectivity index (χ0) is 22.3. The molecule has 31 heavy (non-hydrogen) atoms. The van der Waals surface area contributed by atoms with E-state index in [1.165, 1.54) is 12.1 Å². The van der Waals surface area contributed by atoms with E-state index in [9.17, 15) is 22.8 Å². The molecule has 3 aromatic carbocycles. The SMILES string of the molecule is Cc1ccc(C)c(NC2=C(c3ccc(F)cc3)C(=O)N(c3ccc(F)cc3F)C2=O)c1. The molecule has 4 nitrogen and oxygen atoms in total. The second kappa shape index (κ2) is 7.75. The van der Waals surface area contributed by atoms with Gasteiger partial charge in [0.1, 0.15) is 23.1 Å². The average molecular weight is 422 g/mol. The molecule has 0 aromatic heterocycles. The standard InChI is InChI=1S/C24H17F3N2O2/c1-13-3-4-14(2)19(11-13)28-22-21(15-5-7-16(25)8-6-15)23(30)29(24(22)31)20-10-9-17(26)12-18(20)27/h3-12,28H,1-2H3. The van der Waals surface area contributed by atoms with Gasteiger partial charge in [-0.3, -0.25) is 9.59 Å². The van der Waals surface area contributed by atoms with Gasteiger partial charge in [-0.2, -0.15) is 0 Å². The second-order valence-electron chi connectivity index (χ2n) is 7.24. The largest absolute Gasteiger partial charge is 0.350 e. The summed E-state index contributed by atoms with van der Waals surface area (Å²) in [6.45, 7) is 3.71. The Bertz CT molecular complexity index is 1250. The molecule has 0 atom stereocenters. The Morgan fingerprint density at radius 1 is 0.774 bits per heavy atom. The molecule has 0 fully saturated rings. The van der Waals surface area contributed by atoms with Crippen LogP contribution < -0.4 is 10.2 Å². The number of hydrogen-bond donors (Lipinski definition) is 1. The van der Waals surface area contributed by atoms with Gasteiger partial charge in [-0.15, -0.1) is 0 Å². The van der Waals surface area contributed by atoms with E-state index >= 15 is 0 Å². The van der Waals surface area contributed by atoms with Crippen molar-refractivity contribution in [3.05, 3.63) is 101 Å². The van der Waals surface area contributed by atoms with Crippen LogP contribution in [0, 0.1) is 31.3 Å². The third-order valence-electron chi connectivity index (χ3n) is 5.02. The Balaban J connectivity index is 1.87. The van der Waals surface area contributed by atoms with Gasteiger partial charge in [0.25, 0.3) is 11.8 Å². The normalized spacial score (nSPS) is 13.9. The minimum Gasteiger partial charge on any atom is -0.350 e. The van der Waals surface area contributed by atoms with E-state index in [-0.39, 0.29) is 22.5 Å². The van der Waals surface area contributed by atoms with Crippen molar-refractivity contribution in [3.8, 4) is 0 Å². The molecule has 0 aliphatic carbocycles. The van der Waals surface area contributed by atoms with Crippen LogP contribution in [0.25, 0.3) is 5.57 Å². The monoisotopic (exact) mass is 422 g/mol. The molecule has 0 radical (unpaired) electrons. The van der Waals surface area contributed by atoms with E-state index in [2.05, 4.69) is 5.32 Å². The number of amides is 2. The highest BCUT2D eigenvalue weighted by atomic mass is 19.1. The van der Waals surface area contributed by atoms with Crippen molar-refractivity contribution in [2.24, 2.45) is 0 Å². The van der Waals surface area contributed by atoms with Gasteiger partial charge in [0.05, 0.1) is 11.3 Å². The van der Waals surface area contributed by atoms with Crippen molar-refractivity contribution in [2.45, 2.75) is 13.8 Å². The first kappa shape index (κ1) is 20.4. The summed E-state index contributed by atoms with van der Waals surface area (Å²) in [4.78, 5) is 27.2. The molecular formula is C24H17F3N2O2. The number of nitrogens with zero attached hydrogens (tertiary/aromatic N) is 1. The number of hydrogen-bond acceptors (Lipinski definition) is 3. The number of aryl methyl sites for hydroxylation is 2. The first-order valence-corrected chi connectivity index (χ1v) is 9.44. The lowest BCUT2D eigenvalue weighted by atomic mass is 10.0. The van der Waals surface area contributed by atoms with Gasteiger partial charge < -0.3 is 5.32 Å². The minimum absolute atomic E-state index is 0.0327. The lowest BCUT2D eigenvalue weighted by Crippen LogP contribution is -2.33. The lowest BCUT2D eigenvalue weighted by Gasteiger charge is -2.16. The molecule has 1 aliphatic rings. The number of rotatable bonds is 4. The Labute approximate surface area is 176 Å². The maximum atomic E-state index is 14.4. The van der Waals surface area contributed by atoms with Gasteiger partial charge in [0, 0.05) is 11.8 Å². The number of benzene rings is 3. The molecular weight excluding hydrogens is 405 g/mol. The third kappa shape index (κ3) is 3.70. The van der Waals surface area contributed by atoms with E-state index in [1.54, 1.807) is 0 Å². The number of anilines is 2. The zero-order valence-electron chi connectivity index (χ0n) is 16.7. The fraction of sp³-hybridized carbons (Fsp3) is 0.0833. The van der Waals surface area contributed by atoms with Crippen LogP contribution in [0.2, 0.25) is 0 Å². The quantitative estimate of drug-likeness (QED) is 0.594. The van der Waals surface area contributed by atoms with Crippen LogP contribution in [0.4, 0.5) is 24.5 Å². The fourth-order valence-corrected chi connectivity index (χ4v) is 3.42. The molecule has 1 N–H and O–H groups in total. The molecule has 0 spiro atoms. The number of nitrogens with one attached hydrogen (secondary N) is 1. The number of imide groups is 1. The molecule has 0 saturated heterocycles. The van der Waals surface area contributed by atoms with Crippen molar-refractivity contribution in [3.63, 3.8) is 0 Å². The van der Waals surface area contributed by atoms with Gasteiger partial charge in [-0.25, -0.2) is 18.1 Å². The van der Waals surface area contributed by atoms with Crippen molar-refractivity contribution in [1.82, 2.24) is 0 Å². The summed E-state index contributed by atoms with van der Waals surface area (Å²) in [6, 6.07) is 13.2. The number of carbonyl (C=O) groups excluding carboxylic acids is 2. The Kier molecular flexibility index (Phi) is 5.10. The summed E-state index contributed by atoms with van der Waals surface area (Å²) in [7, 11) is 0. The summed E-state index contributed by atoms with van der Waals surface area (Å²) in [5.41, 5.74) is 2.16. The van der Waals surface area contributed by atoms with Crippen LogP contribution in [-0.2, 0) is 9.59 Å². The van der Waals surface area contributed by atoms with Crippen LogP contribution in [0.3, 0.4) is 0 Å². The molecule has 0 unspecified atom stereocenters. The third-order valence-corrected chi connectivity index (χ3v) is 5.02. The summed E-state index contributed by atoms with van der Waals surface area (Å²) in [6.07, 6.45) is 0. The van der Waals surface area contributed by atoms with Gasteiger partial charge in [0.15, 0.2) is 0 Å². The summed E-state index contributed by atoms with van der Waals surface area (Å²) in [5.74, 6) is -3.98. The van der Waals surface area contributed by atoms with Crippen molar-refractivity contribution < 1.29 is 22.8 Å². The van der Waals surface area contributed by atoms with Crippen molar-refractivity contribution >= 4 is 28.8 Å². The molecule has 7 heteroatoms. The maximum Gasteiger partial charge on any atom is 0.282 e. The molecule has 3 aromatic rings. The second-order valence-corrected chi connectivity index (χ2v) is 7.24. The van der Waals surface area contributed by atoms with Gasteiger partial charge >= 0.3 is 0 Å². The highest BCUT2D eigenvalue weighted by molar-refractivity contribution is 6.46. The van der Waals surface area contributed by atoms with Crippen molar-refractivity contribution in [2.75, 3.05) is 10.2 Å². The smallest absolute Gasteiger partial charge is 0.282 e. The van der Waals surface area contributed by atoms with E-state index < -0.39 is 29.3 Å². The molecule has 1 aliphatic heterocycles. The number of halogens is 3. The van der Waals surface area contributed by atoms with Crippen LogP contribution in [-0.4, -0.2) is 11.8 Å². The van der Waals surface area contributed by atoms with E-state index in [0.717, 1.165) is 35.4 Å². The maximum absolute atomic E-state index is 14.4. The summed E-state index contributed by atoms with van der Waals surface area (Å²) < 4.78 is 41.2. The minimum atomic E-state index is -1.05. The van der Waals surface area contributed by atoms with Crippen LogP contribution in [0.5, 0.6) is 0 Å². The molecule has 2 amide bonds. The van der Waals surface area contributed by atoms with Gasteiger partial charge in [0.2, 0.25) is 0 Å². The highest BCUT2D eigenvalue weighted by Crippen LogP contribution is 2.35. The zero-order valence-corrected chi connectivity index (χ0v) is 16.7. The predicted molar refractivity (Wildman–Crippen MR) is 112 cm³/mol. The van der Waals surface area contributed by atoms with E-state index in [1.807, 2.05) is 32.0 Å². The molecule has 1 heterocycles. The molecule has 0 bridgehead atoms. The molecule has 0 saturated carbocycles. The van der Waals surface area contributed by atoms with Crippen LogP contribution in [0.15, 0.2) is 66.4 Å². The van der Waals surface area contributed by atoms with Gasteiger partial charge in [-0.05, 0) is 60.9 Å². The number of carbonyl (C=O) groups is 2. The van der Waals surface area contributed by atoms with E-state index in [4.69, 9.17) is 0 Å². The van der Waals surface area contributed by atoms with E-state index in [0.29, 0.717) is 16.7 Å². The molecule has 4 rings (SSSR count). The fourth-order valence-electron chi connectivity index (χ4n) is 3.42. The predicted octanol–water partition coefficient (Wildman–Crippen LogP) is 5.12. The molecule has 156 valence electrons. The topological polar surface area (TPSA) is 49.4 Å². The first-order chi connectivity index (χ1) is 14.8. The Morgan fingerprint density at radius 2 is 1.45 bits per heavy atom. The average Bonchev–Trinajstić information content (AvgIpc) is 2.96. The Morgan fingerprint density at radius 3 is 2.13 bits per heavy atom. The highest BCUT2D eigenvalue weighted by Gasteiger charge is 2.41. The summed E-state index contributed by atoms with van der Waals surface area (Å²) in [5, 5.41) is 3.00. The van der Waals surface area contributed by atoms with Crippen molar-refractivity contribution in [1.29, 1.82) is 0 Å². The van der Waals surface area contributed by atoms with Gasteiger partial charge in [-0.1, -0.05) is 24.3 Å².